The molecule has 0 saturated heterocycles. The summed E-state index contributed by atoms with van der Waals surface area (Å²) in [6.45, 7) is 0. The molecular formula is C8H5CeOS-. The van der Waals surface area contributed by atoms with E-state index in [2.05, 4.69) is 5.38 Å². The summed E-state index contributed by atoms with van der Waals surface area (Å²) in [6.07, 6.45) is 0. The average molecular weight is 289 g/mol. The van der Waals surface area contributed by atoms with Gasteiger partial charge >= 0.3 is 0 Å². The van der Waals surface area contributed by atoms with E-state index >= 15 is 0 Å². The Balaban J connectivity index is 0.000000605. The molecule has 0 fully saturated rings. The summed E-state index contributed by atoms with van der Waals surface area (Å²) in [6, 6.07) is 7.23. The fourth-order valence-corrected chi connectivity index (χ4v) is 1.62. The van der Waals surface area contributed by atoms with Crippen molar-refractivity contribution in [1.29, 1.82) is 0 Å². The Morgan fingerprint density at radius 1 is 1.36 bits per heavy atom. The van der Waals surface area contributed by atoms with E-state index in [0.29, 0.717) is 5.75 Å². The monoisotopic (exact) mass is 289 g/mol. The van der Waals surface area contributed by atoms with Crippen LogP contribution in [0.25, 0.3) is 10.1 Å². The predicted octanol–water partition coefficient (Wildman–Crippen LogP) is 2.41. The number of fused-ring (bicyclic) bond motifs is 1. The number of benzene rings is 1. The molecule has 0 amide bonds. The second kappa shape index (κ2) is 3.84. The number of phenols is 1. The van der Waals surface area contributed by atoms with Crippen LogP contribution in [0.2, 0.25) is 0 Å². The molecule has 0 aliphatic carbocycles. The maximum Gasteiger partial charge on any atom is 0.102 e. The van der Waals surface area contributed by atoms with Crippen LogP contribution in [-0.4, -0.2) is 5.11 Å². The normalized spacial score (nSPS) is 9.45. The Kier molecular flexibility index (Phi) is 3.30. The first-order valence-electron chi connectivity index (χ1n) is 2.95. The van der Waals surface area contributed by atoms with Crippen molar-refractivity contribution < 1.29 is 46.9 Å². The molecule has 3 heteroatoms. The topological polar surface area (TPSA) is 20.2 Å². The van der Waals surface area contributed by atoms with Crippen molar-refractivity contribution in [2.45, 2.75) is 0 Å². The molecule has 2 rings (SSSR count). The van der Waals surface area contributed by atoms with Crippen LogP contribution in [0.1, 0.15) is 0 Å². The first-order chi connectivity index (χ1) is 4.86. The Labute approximate surface area is 102 Å². The molecule has 11 heavy (non-hydrogen) atoms. The molecule has 0 unspecified atom stereocenters. The van der Waals surface area contributed by atoms with Crippen molar-refractivity contribution in [3.8, 4) is 5.75 Å². The van der Waals surface area contributed by atoms with E-state index < -0.39 is 0 Å². The van der Waals surface area contributed by atoms with Crippen LogP contribution in [0.4, 0.5) is 0 Å². The van der Waals surface area contributed by atoms with Crippen molar-refractivity contribution in [3.63, 3.8) is 0 Å². The third-order valence-electron chi connectivity index (χ3n) is 1.38. The molecule has 1 aromatic carbocycles. The van der Waals surface area contributed by atoms with Gasteiger partial charge in [0.05, 0.1) is 0 Å². The summed E-state index contributed by atoms with van der Waals surface area (Å²) in [5.41, 5.74) is 0. The van der Waals surface area contributed by atoms with E-state index in [1.54, 1.807) is 12.1 Å². The molecular weight excluding hydrogens is 284 g/mol. The van der Waals surface area contributed by atoms with Crippen LogP contribution in [-0.2, 0) is 0 Å². The van der Waals surface area contributed by atoms with Gasteiger partial charge in [-0.3, -0.25) is 11.3 Å². The van der Waals surface area contributed by atoms with Gasteiger partial charge in [-0.1, -0.05) is 6.07 Å². The zero-order valence-electron chi connectivity index (χ0n) is 5.66. The molecule has 0 aliphatic heterocycles. The minimum Gasteiger partial charge on any atom is -0.509 e. The summed E-state index contributed by atoms with van der Waals surface area (Å²) < 4.78 is 1.08. The summed E-state index contributed by atoms with van der Waals surface area (Å²) in [4.78, 5) is 0. The van der Waals surface area contributed by atoms with Gasteiger partial charge in [0.1, 0.15) is 5.75 Å². The Bertz CT molecular complexity index is 356. The van der Waals surface area contributed by atoms with Gasteiger partial charge < -0.3 is 5.11 Å². The van der Waals surface area contributed by atoms with E-state index in [4.69, 9.17) is 5.11 Å². The fourth-order valence-electron chi connectivity index (χ4n) is 0.887. The molecule has 54 valence electrons. The molecule has 0 aliphatic rings. The number of hydrogen-bond acceptors (Lipinski definition) is 2. The largest absolute Gasteiger partial charge is 0.509 e. The average Bonchev–Trinajstić information content (AvgIpc) is 2.33. The Morgan fingerprint density at radius 2 is 2.18 bits per heavy atom. The number of phenolic OH excluding ortho intramolecular Hbond substituents is 1. The SMILES string of the molecule is Oc1ccc2c[c-]sc2c1.[Ce]. The zero-order valence-corrected chi connectivity index (χ0v) is 9.62. The minimum absolute atomic E-state index is 0. The van der Waals surface area contributed by atoms with Crippen molar-refractivity contribution in [2.75, 3.05) is 0 Å². The van der Waals surface area contributed by atoms with Crippen molar-refractivity contribution in [1.82, 2.24) is 0 Å². The summed E-state index contributed by atoms with van der Waals surface area (Å²) >= 11 is 1.52. The van der Waals surface area contributed by atoms with E-state index in [1.165, 1.54) is 11.3 Å². The van der Waals surface area contributed by atoms with Crippen LogP contribution >= 0.6 is 11.3 Å². The van der Waals surface area contributed by atoms with Crippen LogP contribution in [0.15, 0.2) is 24.3 Å². The first-order valence-corrected chi connectivity index (χ1v) is 3.76. The Morgan fingerprint density at radius 3 is 3.00 bits per heavy atom. The minimum atomic E-state index is 0. The standard InChI is InChI=1S/C8H5OS.Ce/c9-7-2-1-6-3-4-10-8(6)5-7;/h1-3,5,9H;/q-1;. The molecule has 1 aromatic heterocycles. The van der Waals surface area contributed by atoms with E-state index in [1.807, 2.05) is 12.1 Å². The summed E-state index contributed by atoms with van der Waals surface area (Å²) in [5, 5.41) is 13.2. The van der Waals surface area contributed by atoms with Crippen LogP contribution in [0.5, 0.6) is 5.75 Å². The van der Waals surface area contributed by atoms with Crippen LogP contribution in [0, 0.1) is 47.1 Å². The smallest absolute Gasteiger partial charge is 0.102 e. The van der Waals surface area contributed by atoms with Gasteiger partial charge in [0.15, 0.2) is 0 Å². The number of hydrogen-bond donors (Lipinski definition) is 1. The van der Waals surface area contributed by atoms with Gasteiger partial charge in [-0.2, -0.15) is 11.5 Å². The number of aromatic hydroxyl groups is 1. The third kappa shape index (κ3) is 1.93. The molecule has 0 radical (unpaired) electrons. The van der Waals surface area contributed by atoms with Gasteiger partial charge in [-0.15, -0.1) is 16.1 Å². The molecule has 0 bridgehead atoms. The fraction of sp³-hybridized carbons (Fsp3) is 0. The molecule has 0 saturated carbocycles. The van der Waals surface area contributed by atoms with Crippen molar-refractivity contribution in [3.05, 3.63) is 29.6 Å². The zero-order chi connectivity index (χ0) is 6.97. The van der Waals surface area contributed by atoms with Gasteiger partial charge in [0.25, 0.3) is 0 Å². The van der Waals surface area contributed by atoms with E-state index in [-0.39, 0.29) is 41.7 Å². The maximum atomic E-state index is 9.04. The van der Waals surface area contributed by atoms with E-state index in [0.717, 1.165) is 10.1 Å². The Hall–Kier alpha value is 0.357. The summed E-state index contributed by atoms with van der Waals surface area (Å²) in [5.74, 6) is 0.323. The van der Waals surface area contributed by atoms with E-state index in [9.17, 15) is 0 Å². The number of thiophene rings is 1. The molecule has 2 aromatic rings. The second-order valence-corrected chi connectivity index (χ2v) is 2.97. The molecule has 1 heterocycles. The molecule has 1 nitrogen and oxygen atoms in total. The van der Waals surface area contributed by atoms with Gasteiger partial charge in [0, 0.05) is 41.7 Å². The van der Waals surface area contributed by atoms with Crippen molar-refractivity contribution >= 4 is 21.4 Å². The maximum absolute atomic E-state index is 9.04. The summed E-state index contributed by atoms with van der Waals surface area (Å²) in [7, 11) is 0. The molecule has 1 N–H and O–H groups in total. The van der Waals surface area contributed by atoms with Crippen LogP contribution < -0.4 is 0 Å². The van der Waals surface area contributed by atoms with Crippen LogP contribution in [0.3, 0.4) is 0 Å². The third-order valence-corrected chi connectivity index (χ3v) is 2.19. The van der Waals surface area contributed by atoms with Gasteiger partial charge in [0.2, 0.25) is 0 Å². The molecule has 0 atom stereocenters. The predicted molar refractivity (Wildman–Crippen MR) is 42.3 cm³/mol. The van der Waals surface area contributed by atoms with Gasteiger partial charge in [-0.25, -0.2) is 0 Å². The quantitative estimate of drug-likeness (QED) is 0.738. The second-order valence-electron chi connectivity index (χ2n) is 2.09. The first kappa shape index (κ1) is 9.44. The van der Waals surface area contributed by atoms with Crippen molar-refractivity contribution in [2.24, 2.45) is 0 Å². The van der Waals surface area contributed by atoms with Gasteiger partial charge in [-0.05, 0) is 6.07 Å². The number of rotatable bonds is 0. The molecule has 0 spiro atoms.